The maximum atomic E-state index is 14.5. The number of anilines is 4. The highest BCUT2D eigenvalue weighted by Gasteiger charge is 2.30. The third-order valence-corrected chi connectivity index (χ3v) is 19.9. The summed E-state index contributed by atoms with van der Waals surface area (Å²) in [5.41, 5.74) is 11.0. The lowest BCUT2D eigenvalue weighted by atomic mass is 10.0. The van der Waals surface area contributed by atoms with Gasteiger partial charge in [-0.2, -0.15) is 20.4 Å². The fraction of sp³-hybridized carbons (Fsp3) is 0.313. The molecule has 12 heterocycles. The number of nitrogens with zero attached hydrogens (tertiary/aromatic N) is 16. The number of carbonyl (C=O) groups is 1. The van der Waals surface area contributed by atoms with E-state index in [0.29, 0.717) is 141 Å². The number of nitrogens with one attached hydrogen (secondary N) is 6. The van der Waals surface area contributed by atoms with E-state index in [-0.39, 0.29) is 78.0 Å². The third-order valence-electron chi connectivity index (χ3n) is 19.9. The smallest absolute Gasteiger partial charge is 0.256 e. The summed E-state index contributed by atoms with van der Waals surface area (Å²) < 4.78 is 88.4. The van der Waals surface area contributed by atoms with Gasteiger partial charge >= 0.3 is 0 Å². The minimum absolute atomic E-state index is 0.0243. The van der Waals surface area contributed by atoms with Crippen LogP contribution in [0.3, 0.4) is 0 Å². The average Bonchev–Trinajstić information content (AvgIpc) is 1.54. The molecule has 4 aliphatic heterocycles. The summed E-state index contributed by atoms with van der Waals surface area (Å²) in [7, 11) is 0. The molecule has 0 aliphatic carbocycles. The van der Waals surface area contributed by atoms with Crippen molar-refractivity contribution < 1.29 is 41.3 Å². The monoisotopic (exact) mass is 1550 g/mol. The van der Waals surface area contributed by atoms with Gasteiger partial charge in [0.1, 0.15) is 99.5 Å². The highest BCUT2D eigenvalue weighted by Crippen LogP contribution is 2.41. The van der Waals surface area contributed by atoms with Gasteiger partial charge < -0.3 is 60.6 Å². The van der Waals surface area contributed by atoms with Crippen LogP contribution in [-0.4, -0.2) is 127 Å². The molecule has 8 bridgehead atoms. The largest absolute Gasteiger partial charge is 0.490 e. The van der Waals surface area contributed by atoms with Crippen molar-refractivity contribution in [3.05, 3.63) is 244 Å². The van der Waals surface area contributed by atoms with Gasteiger partial charge in [-0.15, -0.1) is 0 Å². The summed E-state index contributed by atoms with van der Waals surface area (Å²) >= 11 is 0. The molecule has 588 valence electrons. The summed E-state index contributed by atoms with van der Waals surface area (Å²) in [6, 6.07) is 18.8. The number of fused-ring (bicyclic) bond motifs is 8. The normalized spacial score (nSPS) is 18.3. The van der Waals surface area contributed by atoms with Crippen molar-refractivity contribution in [1.29, 1.82) is 0 Å². The Bertz CT molecular complexity index is 5780. The number of aromatic nitrogens is 12. The first-order valence-corrected chi connectivity index (χ1v) is 37.3. The lowest BCUT2D eigenvalue weighted by Crippen LogP contribution is -2.34. The number of hydrogen-bond acceptors (Lipinski definition) is 20. The summed E-state index contributed by atoms with van der Waals surface area (Å²) in [6.07, 6.45) is 13.0. The van der Waals surface area contributed by atoms with Crippen LogP contribution < -0.4 is 60.6 Å². The molecule has 27 nitrogen and oxygen atoms in total. The van der Waals surface area contributed by atoms with Crippen LogP contribution in [0, 0.1) is 50.3 Å². The van der Waals surface area contributed by atoms with Crippen molar-refractivity contribution >= 4 is 80.2 Å². The van der Waals surface area contributed by atoms with Gasteiger partial charge in [-0.05, 0) is 167 Å². The SMILES string of the molecule is C=C1NC[C@H](C)Oc2ccc(F)c(C)c2[C@@H](C)Nc2ccn3ncc1c3n2.Cc1c(F)ccc2c1CN(C(C)C)c1ccn3ncc(c3n1)C(=O)NC[C@H](C)O2.[C-]#[N+]c1c(F)ccc2c1CN(C(C)C)c1ccn3ncc(c3n1)C(=C)NC[C@H](C)O2.[C-]#[N+]c1c(F)ccc2c1[C@@H](C)Nc1ccn3ncc(c3n1)C(=C)NC[C@H](C)O2. The van der Waals surface area contributed by atoms with Crippen molar-refractivity contribution in [2.45, 2.75) is 145 Å². The summed E-state index contributed by atoms with van der Waals surface area (Å²) in [5, 5.41) is 36.5. The van der Waals surface area contributed by atoms with Gasteiger partial charge in [0.05, 0.1) is 86.8 Å². The van der Waals surface area contributed by atoms with Crippen molar-refractivity contribution in [3.8, 4) is 23.0 Å². The maximum Gasteiger partial charge on any atom is 0.256 e. The van der Waals surface area contributed by atoms with E-state index >= 15 is 0 Å². The van der Waals surface area contributed by atoms with E-state index in [4.69, 9.17) is 42.1 Å². The van der Waals surface area contributed by atoms with E-state index in [1.165, 1.54) is 30.5 Å². The van der Waals surface area contributed by atoms with Crippen molar-refractivity contribution in [1.82, 2.24) is 79.7 Å². The van der Waals surface area contributed by atoms with Gasteiger partial charge in [-0.1, -0.05) is 19.7 Å². The number of carbonyl (C=O) groups excluding carboxylic acids is 1. The summed E-state index contributed by atoms with van der Waals surface area (Å²) in [5.74, 6) is 2.96. The van der Waals surface area contributed by atoms with Gasteiger partial charge in [0.15, 0.2) is 22.6 Å². The van der Waals surface area contributed by atoms with Gasteiger partial charge in [0.25, 0.3) is 5.91 Å². The molecule has 0 radical (unpaired) electrons. The first-order chi connectivity index (χ1) is 54.6. The first kappa shape index (κ1) is 78.7. The van der Waals surface area contributed by atoms with Crippen LogP contribution in [0.25, 0.3) is 49.4 Å². The zero-order valence-corrected chi connectivity index (χ0v) is 65.2. The zero-order chi connectivity index (χ0) is 81.1. The zero-order valence-electron chi connectivity index (χ0n) is 65.2. The highest BCUT2D eigenvalue weighted by molar-refractivity contribution is 5.99. The minimum Gasteiger partial charge on any atom is -0.490 e. The Morgan fingerprint density at radius 1 is 0.439 bits per heavy atom. The fourth-order valence-corrected chi connectivity index (χ4v) is 13.7. The Balaban J connectivity index is 0.000000133. The van der Waals surface area contributed by atoms with Crippen LogP contribution in [0.5, 0.6) is 23.0 Å². The van der Waals surface area contributed by atoms with Crippen LogP contribution in [0.2, 0.25) is 0 Å². The predicted molar refractivity (Wildman–Crippen MR) is 430 cm³/mol. The summed E-state index contributed by atoms with van der Waals surface area (Å²) in [4.78, 5) is 42.5. The molecular formula is C83H88F4N22O5. The second-order valence-corrected chi connectivity index (χ2v) is 28.8. The molecule has 31 heteroatoms. The van der Waals surface area contributed by atoms with Crippen LogP contribution >= 0.6 is 0 Å². The number of halogens is 4. The standard InChI is InChI=1S/C22H23FN6O.C21H24FN5O2.C20H19FN6O.C20H22FN5O/c1-13(2)28-12-17-19(7-6-18(23)21(17)24-5)30-14(3)10-25-15(4)16-11-26-29-9-8-20(28)27-22(16)29;1-12(2)26-11-16-14(4)17(22)5-6-18(16)29-13(3)9-23-21(28)15-10-24-27-8-7-19(26)25-20(15)27;1-11-9-23-12(2)14-10-24-27-8-7-17(26-20(14)27)25-13(3)18-16(28-11)6-5-15(21)19(18)22-4;1-11-9-22-13(3)15-10-23-26-8-7-18(25-20(15)26)24-14(4)19-12(2)16(21)5-6-17(19)27-11/h6-9,11,13-14,25H,4,10,12H2,1-3H3;5-8,10,12-13H,9,11H2,1-4H3,(H,23,28);5-8,10-11,13,23H,2,9H2,1,3H3,(H,25,26);5-8,10-11,14,22H,3,9H2,1-2,4H3,(H,24,25)/t14-;13-;11-,13+;11-,14+/m0000/s1. The highest BCUT2D eigenvalue weighted by atomic mass is 19.1. The van der Waals surface area contributed by atoms with Crippen LogP contribution in [0.1, 0.15) is 142 Å². The third kappa shape index (κ3) is 16.5. The van der Waals surface area contributed by atoms with E-state index in [2.05, 4.69) is 96.6 Å². The molecule has 6 atom stereocenters. The number of rotatable bonds is 2. The van der Waals surface area contributed by atoms with E-state index in [9.17, 15) is 22.4 Å². The van der Waals surface area contributed by atoms with E-state index < -0.39 is 17.7 Å². The average molecular weight is 1550 g/mol. The Hall–Kier alpha value is -13.5. The second kappa shape index (κ2) is 33.2. The Kier molecular flexibility index (Phi) is 22.9. The van der Waals surface area contributed by atoms with Gasteiger partial charge in [0.2, 0.25) is 11.4 Å². The van der Waals surface area contributed by atoms with E-state index in [0.717, 1.165) is 33.5 Å². The molecule has 16 rings (SSSR count). The molecule has 0 fully saturated rings. The molecule has 114 heavy (non-hydrogen) atoms. The van der Waals surface area contributed by atoms with Gasteiger partial charge in [-0.3, -0.25) is 4.79 Å². The molecule has 4 aliphatic rings. The van der Waals surface area contributed by atoms with E-state index in [1.54, 1.807) is 93.2 Å². The molecule has 0 saturated carbocycles. The number of hydrogen-bond donors (Lipinski definition) is 6. The van der Waals surface area contributed by atoms with Crippen LogP contribution in [0.4, 0.5) is 52.2 Å². The van der Waals surface area contributed by atoms with E-state index in [1.807, 2.05) is 105 Å². The van der Waals surface area contributed by atoms with Crippen molar-refractivity contribution in [3.63, 3.8) is 0 Å². The molecule has 0 unspecified atom stereocenters. The quantitative estimate of drug-likeness (QED) is 0.0694. The molecule has 8 aromatic heterocycles. The predicted octanol–water partition coefficient (Wildman–Crippen LogP) is 14.9. The molecule has 12 aromatic rings. The molecular weight excluding hydrogens is 1460 g/mol. The number of amides is 1. The number of benzene rings is 4. The topological polar surface area (TPSA) is 262 Å². The fourth-order valence-electron chi connectivity index (χ4n) is 13.7. The molecule has 0 saturated heterocycles. The van der Waals surface area contributed by atoms with Gasteiger partial charge in [-0.25, -0.2) is 65.2 Å². The van der Waals surface area contributed by atoms with Gasteiger partial charge in [0, 0.05) is 95.3 Å². The Morgan fingerprint density at radius 3 is 1.25 bits per heavy atom. The molecule has 0 spiro atoms. The lowest BCUT2D eigenvalue weighted by Gasteiger charge is -2.30. The maximum absolute atomic E-state index is 14.5. The van der Waals surface area contributed by atoms with Crippen LogP contribution in [0.15, 0.2) is 142 Å². The van der Waals surface area contributed by atoms with Crippen molar-refractivity contribution in [2.75, 3.05) is 46.6 Å². The van der Waals surface area contributed by atoms with Crippen molar-refractivity contribution in [2.24, 2.45) is 0 Å². The second-order valence-electron chi connectivity index (χ2n) is 28.8. The summed E-state index contributed by atoms with van der Waals surface area (Å²) in [6.45, 7) is 52.9. The molecule has 1 amide bonds. The first-order valence-electron chi connectivity index (χ1n) is 37.3. The Morgan fingerprint density at radius 2 is 0.789 bits per heavy atom. The lowest BCUT2D eigenvalue weighted by molar-refractivity contribution is 0.0933. The minimum atomic E-state index is -0.573. The van der Waals surface area contributed by atoms with Crippen LogP contribution in [-0.2, 0) is 13.1 Å². The number of ether oxygens (including phenoxy) is 4. The Labute approximate surface area is 656 Å². The molecule has 4 aromatic carbocycles. The molecule has 6 N–H and O–H groups in total.